The Balaban J connectivity index is 1.46. The number of rotatable bonds is 8. The molecule has 6 rings (SSSR count). The number of ether oxygens (including phenoxy) is 5. The second-order valence-corrected chi connectivity index (χ2v) is 17.9. The van der Waals surface area contributed by atoms with Crippen molar-refractivity contribution in [2.45, 2.75) is 122 Å². The summed E-state index contributed by atoms with van der Waals surface area (Å²) >= 11 is 0. The molecule has 1 amide bonds. The number of aliphatic hydroxyl groups is 3. The summed E-state index contributed by atoms with van der Waals surface area (Å²) < 4.78 is 29.5. The zero-order chi connectivity index (χ0) is 42.7. The van der Waals surface area contributed by atoms with E-state index in [1.54, 1.807) is 90.1 Å². The highest BCUT2D eigenvalue weighted by molar-refractivity contribution is 6.40. The Hall–Kier alpha value is -4.70. The van der Waals surface area contributed by atoms with Gasteiger partial charge in [0.25, 0.3) is 0 Å². The Morgan fingerprint density at radius 2 is 1.55 bits per heavy atom. The summed E-state index contributed by atoms with van der Waals surface area (Å²) in [6.45, 7) is 11.8. The second-order valence-electron chi connectivity index (χ2n) is 17.9. The first-order valence-corrected chi connectivity index (χ1v) is 19.5. The monoisotopic (exact) mass is 807 g/mol. The smallest absolute Gasteiger partial charge is 0.408 e. The summed E-state index contributed by atoms with van der Waals surface area (Å²) in [5.74, 6) is -8.93. The molecule has 0 radical (unpaired) electrons. The van der Waals surface area contributed by atoms with Crippen molar-refractivity contribution in [3.8, 4) is 0 Å². The van der Waals surface area contributed by atoms with Gasteiger partial charge in [-0.25, -0.2) is 14.4 Å². The molecule has 1 heterocycles. The minimum atomic E-state index is -2.36. The van der Waals surface area contributed by atoms with Crippen molar-refractivity contribution in [2.24, 2.45) is 28.6 Å². The molecule has 2 unspecified atom stereocenters. The molecule has 4 N–H and O–H groups in total. The standard InChI is InChI=1S/C43H53NO14/c1-22-26(55-37(51)32(48)30(24-15-11-9-12-16-24)44-38(52)58-39(3,4)5)20-43(53)35(56-36(50)25-17-13-10-14-18-25)33-41(8,34(49)31(47)29(22)40(43,6)7)27(46)19-28-42(33,21-54-28)57-23(2)45/h9-18,22,26-30,32-33,35,46,48,53H,19-21H2,1-8H3,(H,44,52)/t22?,26-,27+,28+,29?,30-,32+,33-,35-,41+,42-,43+/m0/s1. The van der Waals surface area contributed by atoms with Crippen LogP contribution in [-0.4, -0.2) is 105 Å². The number of Topliss-reactive ketones (excluding diaryl/α,β-unsaturated/α-hetero) is 2. The second kappa shape index (κ2) is 15.2. The third kappa shape index (κ3) is 7.09. The van der Waals surface area contributed by atoms with E-state index < -0.39 is 124 Å². The Bertz CT molecular complexity index is 1950. The van der Waals surface area contributed by atoms with Crippen molar-refractivity contribution in [3.63, 3.8) is 0 Å². The zero-order valence-electron chi connectivity index (χ0n) is 33.9. The average molecular weight is 808 g/mol. The van der Waals surface area contributed by atoms with Crippen molar-refractivity contribution in [1.82, 2.24) is 5.32 Å². The van der Waals surface area contributed by atoms with Gasteiger partial charge in [-0.15, -0.1) is 0 Å². The average Bonchev–Trinajstić information content (AvgIpc) is 3.14. The molecule has 15 nitrogen and oxygen atoms in total. The van der Waals surface area contributed by atoms with Gasteiger partial charge < -0.3 is 44.3 Å². The van der Waals surface area contributed by atoms with Crippen molar-refractivity contribution in [1.29, 1.82) is 0 Å². The topological polar surface area (TPSA) is 221 Å². The van der Waals surface area contributed by atoms with Gasteiger partial charge in [0.1, 0.15) is 29.5 Å². The van der Waals surface area contributed by atoms with E-state index in [1.807, 2.05) is 0 Å². The van der Waals surface area contributed by atoms with E-state index in [0.717, 1.165) is 6.92 Å². The number of nitrogens with one attached hydrogen (secondary N) is 1. The summed E-state index contributed by atoms with van der Waals surface area (Å²) in [4.78, 5) is 83.6. The van der Waals surface area contributed by atoms with E-state index in [0.29, 0.717) is 5.56 Å². The minimum Gasteiger partial charge on any atom is -0.460 e. The lowest BCUT2D eigenvalue weighted by Gasteiger charge is -2.67. The normalized spacial score (nSPS) is 34.9. The first-order chi connectivity index (χ1) is 27.0. The van der Waals surface area contributed by atoms with Crippen LogP contribution in [0.2, 0.25) is 0 Å². The van der Waals surface area contributed by atoms with Crippen LogP contribution in [0.5, 0.6) is 0 Å². The van der Waals surface area contributed by atoms with Gasteiger partial charge in [-0.1, -0.05) is 69.3 Å². The minimum absolute atomic E-state index is 0.0747. The molecule has 12 atom stereocenters. The Kier molecular flexibility index (Phi) is 11.2. The number of fused-ring (bicyclic) bond motifs is 5. The number of esters is 3. The number of carbonyl (C=O) groups is 6. The number of carbonyl (C=O) groups excluding carboxylic acids is 6. The molecular formula is C43H53NO14. The van der Waals surface area contributed by atoms with Crippen LogP contribution in [0.3, 0.4) is 0 Å². The predicted molar refractivity (Wildman–Crippen MR) is 203 cm³/mol. The molecule has 2 aromatic carbocycles. The first kappa shape index (κ1) is 42.9. The molecule has 4 fully saturated rings. The molecular weight excluding hydrogens is 754 g/mol. The third-order valence-electron chi connectivity index (χ3n) is 12.9. The Labute approximate surface area is 336 Å². The van der Waals surface area contributed by atoms with Crippen LogP contribution >= 0.6 is 0 Å². The molecule has 3 aliphatic carbocycles. The molecule has 58 heavy (non-hydrogen) atoms. The molecule has 314 valence electrons. The van der Waals surface area contributed by atoms with Crippen LogP contribution in [-0.2, 0) is 42.9 Å². The highest BCUT2D eigenvalue weighted by Crippen LogP contribution is 2.64. The summed E-state index contributed by atoms with van der Waals surface area (Å²) in [6, 6.07) is 14.6. The van der Waals surface area contributed by atoms with Crippen LogP contribution in [0.25, 0.3) is 0 Å². The third-order valence-corrected chi connectivity index (χ3v) is 12.9. The highest BCUT2D eigenvalue weighted by atomic mass is 16.6. The van der Waals surface area contributed by atoms with Crippen LogP contribution in [0.4, 0.5) is 4.79 Å². The molecule has 1 aliphatic heterocycles. The van der Waals surface area contributed by atoms with Gasteiger partial charge in [-0.3, -0.25) is 14.4 Å². The maximum Gasteiger partial charge on any atom is 0.408 e. The largest absolute Gasteiger partial charge is 0.460 e. The number of benzene rings is 2. The van der Waals surface area contributed by atoms with Crippen LogP contribution in [0.15, 0.2) is 60.7 Å². The van der Waals surface area contributed by atoms with Crippen molar-refractivity contribution in [3.05, 3.63) is 71.8 Å². The van der Waals surface area contributed by atoms with Gasteiger partial charge in [0.15, 0.2) is 11.7 Å². The first-order valence-electron chi connectivity index (χ1n) is 19.5. The molecule has 15 heteroatoms. The summed E-state index contributed by atoms with van der Waals surface area (Å²) in [6.07, 6.45) is -9.48. The van der Waals surface area contributed by atoms with Gasteiger partial charge in [0.2, 0.25) is 11.6 Å². The number of amides is 1. The van der Waals surface area contributed by atoms with Gasteiger partial charge in [0.05, 0.1) is 35.6 Å². The van der Waals surface area contributed by atoms with Crippen LogP contribution < -0.4 is 5.32 Å². The number of alkyl carbamates (subject to hydrolysis) is 1. The maximum absolute atomic E-state index is 14.9. The number of hydrogen-bond acceptors (Lipinski definition) is 14. The molecule has 2 bridgehead atoms. The fourth-order valence-electron chi connectivity index (χ4n) is 9.87. The van der Waals surface area contributed by atoms with Crippen molar-refractivity contribution < 1.29 is 67.8 Å². The molecule has 4 aliphatic rings. The van der Waals surface area contributed by atoms with E-state index in [9.17, 15) is 44.1 Å². The molecule has 2 aromatic rings. The van der Waals surface area contributed by atoms with Crippen molar-refractivity contribution >= 4 is 35.6 Å². The summed E-state index contributed by atoms with van der Waals surface area (Å²) in [5.41, 5.74) is -8.31. The molecule has 0 aromatic heterocycles. The lowest BCUT2D eigenvalue weighted by molar-refractivity contribution is -0.350. The molecule has 0 spiro atoms. The fourth-order valence-corrected chi connectivity index (χ4v) is 9.87. The number of aliphatic hydroxyl groups excluding tert-OH is 2. The zero-order valence-corrected chi connectivity index (χ0v) is 33.9. The predicted octanol–water partition coefficient (Wildman–Crippen LogP) is 3.40. The van der Waals surface area contributed by atoms with E-state index >= 15 is 0 Å². The van der Waals surface area contributed by atoms with Gasteiger partial charge in [-0.2, -0.15) is 0 Å². The van der Waals surface area contributed by atoms with Gasteiger partial charge in [-0.05, 0) is 45.4 Å². The van der Waals surface area contributed by atoms with Gasteiger partial charge in [0, 0.05) is 37.0 Å². The van der Waals surface area contributed by atoms with E-state index in [-0.39, 0.29) is 18.6 Å². The van der Waals surface area contributed by atoms with Crippen LogP contribution in [0, 0.1) is 28.6 Å². The van der Waals surface area contributed by atoms with E-state index in [1.165, 1.54) is 19.1 Å². The number of hydrogen-bond donors (Lipinski definition) is 4. The quantitative estimate of drug-likeness (QED) is 0.171. The summed E-state index contributed by atoms with van der Waals surface area (Å²) in [7, 11) is 0. The van der Waals surface area contributed by atoms with Crippen molar-refractivity contribution in [2.75, 3.05) is 6.61 Å². The SMILES string of the molecule is CC(=O)O[C@@]12CO[C@@H]1C[C@@H](O)[C@@]1(C)C(=O)C(=O)C3C(C)[C@@H](OC(=O)[C@H](O)[C@@H](NC(=O)OC(C)(C)C)c4ccccc4)C[C@@](O)([C@@H](OC(=O)c4ccccc4)[C@H]21)C3(C)C. The van der Waals surface area contributed by atoms with Gasteiger partial charge >= 0.3 is 24.0 Å². The maximum atomic E-state index is 14.9. The lowest BCUT2D eigenvalue weighted by atomic mass is 9.42. The highest BCUT2D eigenvalue weighted by Gasteiger charge is 2.79. The van der Waals surface area contributed by atoms with E-state index in [2.05, 4.69) is 5.32 Å². The van der Waals surface area contributed by atoms with Crippen LogP contribution in [0.1, 0.15) is 90.2 Å². The molecule has 3 saturated carbocycles. The fraction of sp³-hybridized carbons (Fsp3) is 0.581. The summed E-state index contributed by atoms with van der Waals surface area (Å²) in [5, 5.41) is 39.3. The molecule has 1 saturated heterocycles. The number of ketones is 2. The lowest BCUT2D eigenvalue weighted by Crippen LogP contribution is -2.82. The Morgan fingerprint density at radius 3 is 2.10 bits per heavy atom. The van der Waals surface area contributed by atoms with E-state index in [4.69, 9.17) is 23.7 Å². The Morgan fingerprint density at radius 1 is 0.948 bits per heavy atom.